The van der Waals surface area contributed by atoms with E-state index in [4.69, 9.17) is 5.73 Å². The first-order chi connectivity index (χ1) is 8.41. The Balaban J connectivity index is 2.69. The van der Waals surface area contributed by atoms with Gasteiger partial charge in [-0.25, -0.2) is 0 Å². The van der Waals surface area contributed by atoms with Crippen LogP contribution in [0.1, 0.15) is 39.1 Å². The van der Waals surface area contributed by atoms with Crippen molar-refractivity contribution in [1.82, 2.24) is 14.7 Å². The first kappa shape index (κ1) is 15.2. The predicted molar refractivity (Wildman–Crippen MR) is 76.4 cm³/mol. The Morgan fingerprint density at radius 1 is 1.39 bits per heavy atom. The highest BCUT2D eigenvalue weighted by Crippen LogP contribution is 2.16. The third kappa shape index (κ3) is 4.10. The molecule has 1 rings (SSSR count). The summed E-state index contributed by atoms with van der Waals surface area (Å²) in [5.74, 6) is 0. The lowest BCUT2D eigenvalue weighted by Gasteiger charge is -2.29. The van der Waals surface area contributed by atoms with Gasteiger partial charge in [-0.2, -0.15) is 5.10 Å². The van der Waals surface area contributed by atoms with E-state index < -0.39 is 0 Å². The zero-order chi connectivity index (χ0) is 13.8. The van der Waals surface area contributed by atoms with Crippen molar-refractivity contribution in [1.29, 1.82) is 0 Å². The molecule has 4 nitrogen and oxygen atoms in total. The lowest BCUT2D eigenvalue weighted by atomic mass is 9.93. The molecule has 1 aromatic heterocycles. The fraction of sp³-hybridized carbons (Fsp3) is 0.786. The molecule has 1 heterocycles. The summed E-state index contributed by atoms with van der Waals surface area (Å²) in [7, 11) is 2.15. The van der Waals surface area contributed by atoms with Crippen LogP contribution in [-0.4, -0.2) is 34.8 Å². The molecule has 0 unspecified atom stereocenters. The molecule has 0 amide bonds. The van der Waals surface area contributed by atoms with Gasteiger partial charge in [0.1, 0.15) is 0 Å². The quantitative estimate of drug-likeness (QED) is 0.806. The largest absolute Gasteiger partial charge is 0.330 e. The third-order valence-electron chi connectivity index (χ3n) is 3.26. The molecular weight excluding hydrogens is 224 g/mol. The van der Waals surface area contributed by atoms with Gasteiger partial charge in [0.05, 0.1) is 11.4 Å². The minimum atomic E-state index is 0.166. The second-order valence-corrected chi connectivity index (χ2v) is 5.84. The molecule has 0 aromatic carbocycles. The minimum absolute atomic E-state index is 0.166. The van der Waals surface area contributed by atoms with E-state index in [9.17, 15) is 0 Å². The summed E-state index contributed by atoms with van der Waals surface area (Å²) in [6.07, 6.45) is 0.998. The van der Waals surface area contributed by atoms with Gasteiger partial charge in [-0.15, -0.1) is 0 Å². The molecule has 0 saturated carbocycles. The number of aryl methyl sites for hydroxylation is 2. The Kier molecular flexibility index (Phi) is 5.35. The summed E-state index contributed by atoms with van der Waals surface area (Å²) in [4.78, 5) is 2.33. The molecule has 0 atom stereocenters. The van der Waals surface area contributed by atoms with E-state index in [0.717, 1.165) is 26.1 Å². The zero-order valence-corrected chi connectivity index (χ0v) is 12.5. The molecule has 2 N–H and O–H groups in total. The van der Waals surface area contributed by atoms with E-state index >= 15 is 0 Å². The van der Waals surface area contributed by atoms with Gasteiger partial charge in [-0.05, 0) is 38.4 Å². The van der Waals surface area contributed by atoms with Gasteiger partial charge in [0.15, 0.2) is 0 Å². The number of nitrogens with two attached hydrogens (primary N) is 1. The molecule has 1 aromatic rings. The second kappa shape index (κ2) is 6.34. The highest BCUT2D eigenvalue weighted by Gasteiger charge is 2.19. The van der Waals surface area contributed by atoms with Gasteiger partial charge in [-0.3, -0.25) is 9.58 Å². The van der Waals surface area contributed by atoms with Crippen LogP contribution < -0.4 is 5.73 Å². The Bertz CT molecular complexity index is 368. The Labute approximate surface area is 111 Å². The fourth-order valence-electron chi connectivity index (χ4n) is 2.22. The molecule has 0 fully saturated rings. The summed E-state index contributed by atoms with van der Waals surface area (Å²) in [6.45, 7) is 12.3. The fourth-order valence-corrected chi connectivity index (χ4v) is 2.22. The average Bonchev–Trinajstić information content (AvgIpc) is 2.70. The van der Waals surface area contributed by atoms with Gasteiger partial charge in [0.2, 0.25) is 0 Å². The van der Waals surface area contributed by atoms with E-state index in [1.807, 2.05) is 0 Å². The summed E-state index contributed by atoms with van der Waals surface area (Å²) < 4.78 is 2.10. The number of aromatic nitrogens is 2. The van der Waals surface area contributed by atoms with Crippen molar-refractivity contribution in [2.24, 2.45) is 11.1 Å². The number of hydrogen-bond acceptors (Lipinski definition) is 3. The summed E-state index contributed by atoms with van der Waals surface area (Å²) >= 11 is 0. The molecule has 0 bridgehead atoms. The monoisotopic (exact) mass is 252 g/mol. The van der Waals surface area contributed by atoms with Gasteiger partial charge >= 0.3 is 0 Å². The molecule has 0 saturated heterocycles. The average molecular weight is 252 g/mol. The van der Waals surface area contributed by atoms with Crippen LogP contribution >= 0.6 is 0 Å². The van der Waals surface area contributed by atoms with Crippen LogP contribution in [0.2, 0.25) is 0 Å². The molecule has 4 heteroatoms. The van der Waals surface area contributed by atoms with Crippen LogP contribution in [0, 0.1) is 5.41 Å². The first-order valence-electron chi connectivity index (χ1n) is 6.86. The van der Waals surface area contributed by atoms with Gasteiger partial charge in [0.25, 0.3) is 0 Å². The van der Waals surface area contributed by atoms with E-state index in [-0.39, 0.29) is 5.41 Å². The van der Waals surface area contributed by atoms with Crippen molar-refractivity contribution in [3.05, 3.63) is 17.5 Å². The molecular formula is C14H28N4. The van der Waals surface area contributed by atoms with Crippen molar-refractivity contribution in [2.45, 2.75) is 47.2 Å². The second-order valence-electron chi connectivity index (χ2n) is 5.84. The van der Waals surface area contributed by atoms with Crippen molar-refractivity contribution < 1.29 is 0 Å². The number of rotatable bonds is 7. The van der Waals surface area contributed by atoms with Gasteiger partial charge in [-0.1, -0.05) is 20.8 Å². The van der Waals surface area contributed by atoms with Crippen LogP contribution in [0.5, 0.6) is 0 Å². The standard InChI is InChI=1S/C14H28N4/c1-6-12-8-13(18(7-2)16-12)9-17(5)11-14(3,4)10-15/h8H,6-7,9-11,15H2,1-5H3. The Hall–Kier alpha value is -0.870. The van der Waals surface area contributed by atoms with Crippen molar-refractivity contribution in [3.8, 4) is 0 Å². The third-order valence-corrected chi connectivity index (χ3v) is 3.26. The predicted octanol–water partition coefficient (Wildman–Crippen LogP) is 1.88. The van der Waals surface area contributed by atoms with Crippen molar-refractivity contribution in [2.75, 3.05) is 20.1 Å². The summed E-state index contributed by atoms with van der Waals surface area (Å²) in [6, 6.07) is 2.22. The first-order valence-corrected chi connectivity index (χ1v) is 6.86. The topological polar surface area (TPSA) is 47.1 Å². The van der Waals surface area contributed by atoms with Crippen molar-refractivity contribution >= 4 is 0 Å². The van der Waals surface area contributed by atoms with E-state index in [1.54, 1.807) is 0 Å². The van der Waals surface area contributed by atoms with Gasteiger partial charge < -0.3 is 5.73 Å². The zero-order valence-electron chi connectivity index (χ0n) is 12.5. The van der Waals surface area contributed by atoms with Gasteiger partial charge in [0, 0.05) is 19.6 Å². The molecule has 0 aliphatic rings. The highest BCUT2D eigenvalue weighted by atomic mass is 15.3. The Morgan fingerprint density at radius 2 is 2.06 bits per heavy atom. The van der Waals surface area contributed by atoms with Crippen LogP contribution in [-0.2, 0) is 19.5 Å². The smallest absolute Gasteiger partial charge is 0.0625 e. The maximum atomic E-state index is 5.79. The minimum Gasteiger partial charge on any atom is -0.330 e. The van der Waals surface area contributed by atoms with Crippen LogP contribution in [0.15, 0.2) is 6.07 Å². The lowest BCUT2D eigenvalue weighted by molar-refractivity contribution is 0.205. The molecule has 0 aliphatic heterocycles. The van der Waals surface area contributed by atoms with E-state index in [2.05, 4.69) is 55.5 Å². The maximum absolute atomic E-state index is 5.79. The molecule has 18 heavy (non-hydrogen) atoms. The molecule has 104 valence electrons. The van der Waals surface area contributed by atoms with Crippen molar-refractivity contribution in [3.63, 3.8) is 0 Å². The summed E-state index contributed by atoms with van der Waals surface area (Å²) in [5.41, 5.74) is 8.43. The van der Waals surface area contributed by atoms with Crippen LogP contribution in [0.4, 0.5) is 0 Å². The summed E-state index contributed by atoms with van der Waals surface area (Å²) in [5, 5.41) is 4.58. The van der Waals surface area contributed by atoms with Crippen LogP contribution in [0.25, 0.3) is 0 Å². The number of hydrogen-bond donors (Lipinski definition) is 1. The normalized spacial score (nSPS) is 12.4. The Morgan fingerprint density at radius 3 is 2.56 bits per heavy atom. The SMILES string of the molecule is CCc1cc(CN(C)CC(C)(C)CN)n(CC)n1. The molecule has 0 aliphatic carbocycles. The molecule has 0 spiro atoms. The van der Waals surface area contributed by atoms with E-state index in [1.165, 1.54) is 11.4 Å². The van der Waals surface area contributed by atoms with E-state index in [0.29, 0.717) is 6.54 Å². The lowest BCUT2D eigenvalue weighted by Crippen LogP contribution is -2.36. The molecule has 0 radical (unpaired) electrons. The highest BCUT2D eigenvalue weighted by molar-refractivity contribution is 5.10. The maximum Gasteiger partial charge on any atom is 0.0625 e. The number of nitrogens with zero attached hydrogens (tertiary/aromatic N) is 3. The van der Waals surface area contributed by atoms with Crippen LogP contribution in [0.3, 0.4) is 0 Å².